The summed E-state index contributed by atoms with van der Waals surface area (Å²) in [5.74, 6) is -0.404. The van der Waals surface area contributed by atoms with Gasteiger partial charge in [0.25, 0.3) is 0 Å². The van der Waals surface area contributed by atoms with Gasteiger partial charge in [-0.2, -0.15) is 18.3 Å². The average molecular weight is 338 g/mol. The number of alkyl halides is 3. The van der Waals surface area contributed by atoms with Crippen molar-refractivity contribution in [1.29, 1.82) is 0 Å². The Kier molecular flexibility index (Phi) is 4.75. The van der Waals surface area contributed by atoms with Gasteiger partial charge >= 0.3 is 6.18 Å². The molecule has 1 aliphatic rings. The summed E-state index contributed by atoms with van der Waals surface area (Å²) in [6, 6.07) is -0.884. The first-order valence-electron chi connectivity index (χ1n) is 7.32. The highest BCUT2D eigenvalue weighted by Crippen LogP contribution is 2.47. The van der Waals surface area contributed by atoms with Crippen molar-refractivity contribution in [3.05, 3.63) is 16.4 Å². The van der Waals surface area contributed by atoms with E-state index in [0.717, 1.165) is 23.9 Å². The summed E-state index contributed by atoms with van der Waals surface area (Å²) in [4.78, 5) is 12.2. The van der Waals surface area contributed by atoms with Crippen LogP contribution in [0.5, 0.6) is 0 Å². The van der Waals surface area contributed by atoms with Gasteiger partial charge in [-0.3, -0.25) is 9.48 Å². The summed E-state index contributed by atoms with van der Waals surface area (Å²) in [7, 11) is 0. The molecule has 0 radical (unpaired) electrons. The second kappa shape index (κ2) is 6.10. The Morgan fingerprint density at radius 3 is 2.50 bits per heavy atom. The van der Waals surface area contributed by atoms with Crippen molar-refractivity contribution in [3.63, 3.8) is 0 Å². The lowest BCUT2D eigenvalue weighted by Crippen LogP contribution is -2.37. The van der Waals surface area contributed by atoms with Crippen molar-refractivity contribution >= 4 is 17.5 Å². The van der Waals surface area contributed by atoms with Crippen molar-refractivity contribution < 1.29 is 18.0 Å². The first-order valence-corrected chi connectivity index (χ1v) is 7.70. The van der Waals surface area contributed by atoms with Gasteiger partial charge in [-0.05, 0) is 33.1 Å². The topological polar surface area (TPSA) is 46.9 Å². The molecule has 0 aliphatic heterocycles. The van der Waals surface area contributed by atoms with Crippen LogP contribution in [0.3, 0.4) is 0 Å². The Balaban J connectivity index is 2.35. The number of nitrogens with one attached hydrogen (secondary N) is 1. The molecule has 0 spiro atoms. The fourth-order valence-electron chi connectivity index (χ4n) is 2.20. The summed E-state index contributed by atoms with van der Waals surface area (Å²) < 4.78 is 40.1. The Bertz CT molecular complexity index is 566. The van der Waals surface area contributed by atoms with Crippen molar-refractivity contribution in [2.75, 3.05) is 0 Å². The summed E-state index contributed by atoms with van der Waals surface area (Å²) in [5, 5.41) is 5.98. The van der Waals surface area contributed by atoms with Gasteiger partial charge in [0.2, 0.25) is 5.91 Å². The Morgan fingerprint density at radius 1 is 1.45 bits per heavy atom. The van der Waals surface area contributed by atoms with Crippen LogP contribution >= 0.6 is 11.6 Å². The third-order valence-corrected chi connectivity index (χ3v) is 4.24. The second-order valence-electron chi connectivity index (χ2n) is 5.76. The van der Waals surface area contributed by atoms with Gasteiger partial charge in [-0.15, -0.1) is 0 Å². The minimum Gasteiger partial charge on any atom is -0.352 e. The second-order valence-corrected chi connectivity index (χ2v) is 6.14. The van der Waals surface area contributed by atoms with Crippen LogP contribution in [0.1, 0.15) is 63.4 Å². The zero-order chi connectivity index (χ0) is 16.7. The number of halogens is 4. The molecule has 1 amide bonds. The standard InChI is InChI=1S/C14H19ClF3N3O/c1-4-7(2)19-13(22)8(3)21-11(9-5-6-9)10(15)12(20-21)14(16,17)18/h7-9H,4-6H2,1-3H3,(H,19,22)/t7-,8+/m1/s1. The lowest BCUT2D eigenvalue weighted by molar-refractivity contribution is -0.141. The molecule has 0 bridgehead atoms. The quantitative estimate of drug-likeness (QED) is 0.885. The van der Waals surface area contributed by atoms with Gasteiger partial charge in [0.1, 0.15) is 6.04 Å². The van der Waals surface area contributed by atoms with Crippen molar-refractivity contribution in [3.8, 4) is 0 Å². The van der Waals surface area contributed by atoms with E-state index >= 15 is 0 Å². The minimum absolute atomic E-state index is 0.0463. The van der Waals surface area contributed by atoms with Gasteiger partial charge in [0.05, 0.1) is 10.7 Å². The molecule has 4 nitrogen and oxygen atoms in total. The molecule has 1 aromatic rings. The highest BCUT2D eigenvalue weighted by molar-refractivity contribution is 6.32. The summed E-state index contributed by atoms with van der Waals surface area (Å²) in [6.07, 6.45) is -2.36. The molecule has 2 rings (SSSR count). The van der Waals surface area contributed by atoms with Crippen LogP contribution in [0.25, 0.3) is 0 Å². The number of carbonyl (C=O) groups excluding carboxylic acids is 1. The van der Waals surface area contributed by atoms with Crippen LogP contribution in [0.2, 0.25) is 5.02 Å². The van der Waals surface area contributed by atoms with Crippen LogP contribution in [0.15, 0.2) is 0 Å². The van der Waals surface area contributed by atoms with E-state index in [1.165, 1.54) is 6.92 Å². The van der Waals surface area contributed by atoms with Gasteiger partial charge in [0, 0.05) is 12.0 Å². The maximum Gasteiger partial charge on any atom is 0.436 e. The van der Waals surface area contributed by atoms with E-state index in [-0.39, 0.29) is 22.9 Å². The summed E-state index contributed by atoms with van der Waals surface area (Å²) in [6.45, 7) is 5.29. The molecule has 0 aromatic carbocycles. The number of aromatic nitrogens is 2. The molecule has 1 aromatic heterocycles. The Hall–Kier alpha value is -1.24. The van der Waals surface area contributed by atoms with Gasteiger partial charge in [-0.1, -0.05) is 18.5 Å². The molecule has 1 saturated carbocycles. The predicted molar refractivity (Wildman–Crippen MR) is 76.8 cm³/mol. The van der Waals surface area contributed by atoms with Crippen LogP contribution in [0.4, 0.5) is 13.2 Å². The fourth-order valence-corrected chi connectivity index (χ4v) is 2.59. The first-order chi connectivity index (χ1) is 10.2. The molecule has 1 aliphatic carbocycles. The summed E-state index contributed by atoms with van der Waals surface area (Å²) >= 11 is 5.90. The molecule has 2 atom stereocenters. The van der Waals surface area contributed by atoms with Crippen LogP contribution in [0, 0.1) is 0 Å². The Morgan fingerprint density at radius 2 is 2.05 bits per heavy atom. The first kappa shape index (κ1) is 17.1. The van der Waals surface area contributed by atoms with Gasteiger partial charge < -0.3 is 5.32 Å². The number of amides is 1. The third kappa shape index (κ3) is 3.39. The fraction of sp³-hybridized carbons (Fsp3) is 0.714. The van der Waals surface area contributed by atoms with Crippen LogP contribution in [-0.2, 0) is 11.0 Å². The minimum atomic E-state index is -4.63. The van der Waals surface area contributed by atoms with Crippen LogP contribution < -0.4 is 5.32 Å². The number of hydrogen-bond donors (Lipinski definition) is 1. The molecule has 8 heteroatoms. The van der Waals surface area contributed by atoms with Gasteiger partial charge in [0.15, 0.2) is 5.69 Å². The number of carbonyl (C=O) groups is 1. The number of rotatable bonds is 5. The smallest absolute Gasteiger partial charge is 0.352 e. The Labute approximate surface area is 132 Å². The molecule has 1 N–H and O–H groups in total. The van der Waals surface area contributed by atoms with E-state index in [4.69, 9.17) is 11.6 Å². The molecular weight excluding hydrogens is 319 g/mol. The maximum atomic E-state index is 13.0. The lowest BCUT2D eigenvalue weighted by atomic mass is 10.2. The SMILES string of the molecule is CC[C@@H](C)NC(=O)[C@H](C)n1nc(C(F)(F)F)c(Cl)c1C1CC1. The third-order valence-electron chi connectivity index (χ3n) is 3.87. The van der Waals surface area contributed by atoms with E-state index in [1.807, 2.05) is 13.8 Å². The van der Waals surface area contributed by atoms with E-state index in [1.54, 1.807) is 0 Å². The van der Waals surface area contributed by atoms with E-state index < -0.39 is 17.9 Å². The van der Waals surface area contributed by atoms with Crippen molar-refractivity contribution in [2.24, 2.45) is 0 Å². The average Bonchev–Trinajstić information content (AvgIpc) is 3.19. The monoisotopic (exact) mass is 337 g/mol. The zero-order valence-electron chi connectivity index (χ0n) is 12.7. The van der Waals surface area contributed by atoms with Gasteiger partial charge in [-0.25, -0.2) is 0 Å². The van der Waals surface area contributed by atoms with E-state index in [9.17, 15) is 18.0 Å². The predicted octanol–water partition coefficient (Wildman–Crippen LogP) is 3.91. The molecule has 0 unspecified atom stereocenters. The molecule has 0 saturated heterocycles. The van der Waals surface area contributed by atoms with E-state index in [2.05, 4.69) is 10.4 Å². The molecule has 1 fully saturated rings. The molecular formula is C14H19ClF3N3O. The lowest BCUT2D eigenvalue weighted by Gasteiger charge is -2.18. The van der Waals surface area contributed by atoms with Crippen molar-refractivity contribution in [2.45, 2.75) is 64.2 Å². The highest BCUT2D eigenvalue weighted by Gasteiger charge is 2.43. The van der Waals surface area contributed by atoms with E-state index in [0.29, 0.717) is 5.69 Å². The molecule has 124 valence electrons. The van der Waals surface area contributed by atoms with Crippen molar-refractivity contribution in [1.82, 2.24) is 15.1 Å². The molecule has 22 heavy (non-hydrogen) atoms. The molecule has 1 heterocycles. The highest BCUT2D eigenvalue weighted by atomic mass is 35.5. The number of hydrogen-bond acceptors (Lipinski definition) is 2. The zero-order valence-corrected chi connectivity index (χ0v) is 13.4. The van der Waals surface area contributed by atoms with Crippen LogP contribution in [-0.4, -0.2) is 21.7 Å². The maximum absolute atomic E-state index is 13.0. The summed E-state index contributed by atoms with van der Waals surface area (Å²) in [5.41, 5.74) is -0.792. The number of nitrogens with zero attached hydrogens (tertiary/aromatic N) is 2. The normalized spacial score (nSPS) is 18.1. The largest absolute Gasteiger partial charge is 0.436 e.